The summed E-state index contributed by atoms with van der Waals surface area (Å²) in [4.78, 5) is 9.05. The van der Waals surface area contributed by atoms with Gasteiger partial charge in [0.25, 0.3) is 0 Å². The maximum Gasteiger partial charge on any atom is 0.211 e. The third-order valence-corrected chi connectivity index (χ3v) is 6.49. The van der Waals surface area contributed by atoms with Gasteiger partial charge in [0.15, 0.2) is 0 Å². The van der Waals surface area contributed by atoms with Crippen molar-refractivity contribution in [2.45, 2.75) is 18.9 Å². The maximum atomic E-state index is 11.7. The number of sulfonamides is 1. The lowest BCUT2D eigenvalue weighted by atomic mass is 10.0. The zero-order valence-electron chi connectivity index (χ0n) is 16.0. The Morgan fingerprint density at radius 3 is 2.69 bits per heavy atom. The third kappa shape index (κ3) is 4.21. The summed E-state index contributed by atoms with van der Waals surface area (Å²) in [6, 6.07) is 13.6. The molecule has 0 bridgehead atoms. The predicted octanol–water partition coefficient (Wildman–Crippen LogP) is 3.00. The molecule has 0 aliphatic carbocycles. The van der Waals surface area contributed by atoms with E-state index < -0.39 is 10.0 Å². The van der Waals surface area contributed by atoms with Crippen LogP contribution in [0.15, 0.2) is 48.8 Å². The Bertz CT molecular complexity index is 1200. The minimum absolute atomic E-state index is 0.167. The standard InChI is InChI=1S/C21H21N5O2S/c1-29(27,28)26-9-6-18(7-10-26)25-20-12-19-17(14-24-20)5-8-23-21(19)16-4-2-3-15(11-16)13-22/h2-5,8,11-12,14,18H,6-7,9-10H2,1H3,(H,24,25). The van der Waals surface area contributed by atoms with E-state index in [4.69, 9.17) is 0 Å². The second kappa shape index (κ2) is 7.78. The molecule has 0 saturated carbocycles. The van der Waals surface area contributed by atoms with Gasteiger partial charge in [0.1, 0.15) is 5.82 Å². The zero-order valence-corrected chi connectivity index (χ0v) is 16.9. The number of hydrogen-bond donors (Lipinski definition) is 1. The number of anilines is 1. The van der Waals surface area contributed by atoms with Crippen molar-refractivity contribution in [2.75, 3.05) is 24.7 Å². The second-order valence-corrected chi connectivity index (χ2v) is 9.21. The lowest BCUT2D eigenvalue weighted by Crippen LogP contribution is -2.41. The second-order valence-electron chi connectivity index (χ2n) is 7.22. The maximum absolute atomic E-state index is 11.7. The van der Waals surface area contributed by atoms with Crippen LogP contribution in [-0.2, 0) is 10.0 Å². The minimum atomic E-state index is -3.13. The van der Waals surface area contributed by atoms with Crippen molar-refractivity contribution in [3.63, 3.8) is 0 Å². The van der Waals surface area contributed by atoms with Crippen LogP contribution in [0.25, 0.3) is 22.0 Å². The number of nitrogens with one attached hydrogen (secondary N) is 1. The summed E-state index contributed by atoms with van der Waals surface area (Å²) in [6.45, 7) is 1.02. The number of pyridine rings is 2. The Labute approximate surface area is 170 Å². The molecule has 7 nitrogen and oxygen atoms in total. The first-order chi connectivity index (χ1) is 13.9. The van der Waals surface area contributed by atoms with E-state index in [-0.39, 0.29) is 6.04 Å². The quantitative estimate of drug-likeness (QED) is 0.714. The average molecular weight is 407 g/mol. The molecule has 1 aromatic carbocycles. The number of nitrogens with zero attached hydrogens (tertiary/aromatic N) is 4. The fourth-order valence-electron chi connectivity index (χ4n) is 3.65. The molecular formula is C21H21N5O2S. The summed E-state index contributed by atoms with van der Waals surface area (Å²) in [5, 5.41) is 14.5. The predicted molar refractivity (Wildman–Crippen MR) is 113 cm³/mol. The summed E-state index contributed by atoms with van der Waals surface area (Å²) in [5.74, 6) is 0.737. The molecule has 0 unspecified atom stereocenters. The smallest absolute Gasteiger partial charge is 0.211 e. The molecule has 1 aliphatic heterocycles. The Morgan fingerprint density at radius 2 is 1.97 bits per heavy atom. The lowest BCUT2D eigenvalue weighted by molar-refractivity contribution is 0.331. The highest BCUT2D eigenvalue weighted by molar-refractivity contribution is 7.88. The van der Waals surface area contributed by atoms with Crippen molar-refractivity contribution in [1.29, 1.82) is 5.26 Å². The van der Waals surface area contributed by atoms with Gasteiger partial charge in [-0.15, -0.1) is 0 Å². The van der Waals surface area contributed by atoms with E-state index in [0.717, 1.165) is 40.7 Å². The van der Waals surface area contributed by atoms with Crippen molar-refractivity contribution in [3.8, 4) is 17.3 Å². The molecular weight excluding hydrogens is 386 g/mol. The lowest BCUT2D eigenvalue weighted by Gasteiger charge is -2.30. The number of piperidine rings is 1. The molecule has 4 rings (SSSR count). The molecule has 8 heteroatoms. The van der Waals surface area contributed by atoms with Crippen LogP contribution in [0.4, 0.5) is 5.82 Å². The van der Waals surface area contributed by atoms with Gasteiger partial charge in [-0.1, -0.05) is 12.1 Å². The number of fused-ring (bicyclic) bond motifs is 1. The summed E-state index contributed by atoms with van der Waals surface area (Å²) in [6.07, 6.45) is 6.27. The van der Waals surface area contributed by atoms with Crippen LogP contribution >= 0.6 is 0 Å². The number of benzene rings is 1. The average Bonchev–Trinajstić information content (AvgIpc) is 2.73. The van der Waals surface area contributed by atoms with E-state index >= 15 is 0 Å². The van der Waals surface area contributed by atoms with E-state index in [9.17, 15) is 13.7 Å². The summed E-state index contributed by atoms with van der Waals surface area (Å²) in [5.41, 5.74) is 2.27. The van der Waals surface area contributed by atoms with E-state index in [2.05, 4.69) is 21.4 Å². The van der Waals surface area contributed by atoms with Gasteiger partial charge in [0.2, 0.25) is 10.0 Å². The number of rotatable bonds is 4. The molecule has 1 fully saturated rings. The van der Waals surface area contributed by atoms with Crippen LogP contribution in [0.3, 0.4) is 0 Å². The van der Waals surface area contributed by atoms with Gasteiger partial charge in [-0.2, -0.15) is 5.26 Å². The number of nitriles is 1. The van der Waals surface area contributed by atoms with Crippen LogP contribution in [0, 0.1) is 11.3 Å². The first kappa shape index (κ1) is 19.3. The zero-order chi connectivity index (χ0) is 20.4. The van der Waals surface area contributed by atoms with Crippen molar-refractivity contribution >= 4 is 26.6 Å². The molecule has 148 valence electrons. The van der Waals surface area contributed by atoms with Gasteiger partial charge < -0.3 is 5.32 Å². The summed E-state index contributed by atoms with van der Waals surface area (Å²) >= 11 is 0. The van der Waals surface area contributed by atoms with Gasteiger partial charge in [0.05, 0.1) is 23.6 Å². The van der Waals surface area contributed by atoms with Crippen molar-refractivity contribution in [2.24, 2.45) is 0 Å². The molecule has 29 heavy (non-hydrogen) atoms. The van der Waals surface area contributed by atoms with Crippen LogP contribution in [-0.4, -0.2) is 48.1 Å². The molecule has 1 saturated heterocycles. The molecule has 2 aromatic heterocycles. The number of aromatic nitrogens is 2. The van der Waals surface area contributed by atoms with E-state index in [1.165, 1.54) is 10.6 Å². The van der Waals surface area contributed by atoms with Crippen molar-refractivity contribution in [1.82, 2.24) is 14.3 Å². The topological polar surface area (TPSA) is 99.0 Å². The van der Waals surface area contributed by atoms with Gasteiger partial charge in [-0.05, 0) is 37.1 Å². The molecule has 3 aromatic rings. The first-order valence-corrected chi connectivity index (χ1v) is 11.3. The number of hydrogen-bond acceptors (Lipinski definition) is 6. The van der Waals surface area contributed by atoms with Gasteiger partial charge in [-0.25, -0.2) is 17.7 Å². The summed E-state index contributed by atoms with van der Waals surface area (Å²) in [7, 11) is -3.13. The fraction of sp³-hybridized carbons (Fsp3) is 0.286. The molecule has 0 amide bonds. The highest BCUT2D eigenvalue weighted by Crippen LogP contribution is 2.29. The molecule has 1 aliphatic rings. The minimum Gasteiger partial charge on any atom is -0.367 e. The van der Waals surface area contributed by atoms with Crippen molar-refractivity contribution < 1.29 is 8.42 Å². The van der Waals surface area contributed by atoms with E-state index in [0.29, 0.717) is 18.7 Å². The van der Waals surface area contributed by atoms with E-state index in [1.54, 1.807) is 12.3 Å². The fourth-order valence-corrected chi connectivity index (χ4v) is 4.53. The molecule has 0 spiro atoms. The Morgan fingerprint density at radius 1 is 1.17 bits per heavy atom. The highest BCUT2D eigenvalue weighted by atomic mass is 32.2. The van der Waals surface area contributed by atoms with Crippen molar-refractivity contribution in [3.05, 3.63) is 54.4 Å². The summed E-state index contributed by atoms with van der Waals surface area (Å²) < 4.78 is 24.9. The Hall–Kier alpha value is -3.02. The van der Waals surface area contributed by atoms with Gasteiger partial charge >= 0.3 is 0 Å². The van der Waals surface area contributed by atoms with Crippen LogP contribution in [0.1, 0.15) is 18.4 Å². The third-order valence-electron chi connectivity index (χ3n) is 5.19. The van der Waals surface area contributed by atoms with Gasteiger partial charge in [0, 0.05) is 47.9 Å². The normalized spacial score (nSPS) is 15.9. The molecule has 0 radical (unpaired) electrons. The van der Waals surface area contributed by atoms with Crippen LogP contribution in [0.5, 0.6) is 0 Å². The molecule has 0 atom stereocenters. The first-order valence-electron chi connectivity index (χ1n) is 9.41. The van der Waals surface area contributed by atoms with Crippen LogP contribution < -0.4 is 5.32 Å². The molecule has 3 heterocycles. The van der Waals surface area contributed by atoms with E-state index in [1.807, 2.05) is 36.5 Å². The highest BCUT2D eigenvalue weighted by Gasteiger charge is 2.25. The Balaban J connectivity index is 1.60. The Kier molecular flexibility index (Phi) is 5.18. The largest absolute Gasteiger partial charge is 0.367 e. The SMILES string of the molecule is CS(=O)(=O)N1CCC(Nc2cc3c(-c4cccc(C#N)c4)nccc3cn2)CC1. The monoisotopic (exact) mass is 407 g/mol. The van der Waals surface area contributed by atoms with Crippen LogP contribution in [0.2, 0.25) is 0 Å². The molecule has 1 N–H and O–H groups in total. The van der Waals surface area contributed by atoms with Gasteiger partial charge in [-0.3, -0.25) is 4.98 Å².